The number of alkyl halides is 3. The van der Waals surface area contributed by atoms with E-state index in [9.17, 15) is 13.2 Å². The lowest BCUT2D eigenvalue weighted by Gasteiger charge is -2.24. The highest BCUT2D eigenvalue weighted by molar-refractivity contribution is 5.64. The largest absolute Gasteiger partial charge is 0.419 e. The maximum Gasteiger partial charge on any atom is 0.419 e. The van der Waals surface area contributed by atoms with Crippen LogP contribution in [-0.2, 0) is 4.74 Å². The first-order chi connectivity index (χ1) is 5.00. The van der Waals surface area contributed by atoms with Gasteiger partial charge in [-0.2, -0.15) is 18.3 Å². The van der Waals surface area contributed by atoms with E-state index in [2.05, 4.69) is 9.84 Å². The number of nitrogens with zero attached hydrogens (tertiary/aromatic N) is 2. The van der Waals surface area contributed by atoms with E-state index in [1.807, 2.05) is 0 Å². The molecule has 1 aliphatic heterocycles. The topological polar surface area (TPSA) is 24.8 Å². The molecule has 1 rings (SSSR count). The highest BCUT2D eigenvalue weighted by Crippen LogP contribution is 2.23. The average molecular weight is 168 g/mol. The third-order valence-electron chi connectivity index (χ3n) is 1.16. The molecule has 1 atom stereocenters. The Bertz CT molecular complexity index is 168. The van der Waals surface area contributed by atoms with Gasteiger partial charge in [0.2, 0.25) is 0 Å². The molecule has 0 aliphatic carbocycles. The van der Waals surface area contributed by atoms with Crippen LogP contribution in [-0.4, -0.2) is 37.3 Å². The van der Waals surface area contributed by atoms with E-state index in [0.717, 1.165) is 6.21 Å². The molecule has 0 aromatic rings. The summed E-state index contributed by atoms with van der Waals surface area (Å²) < 4.78 is 39.9. The Morgan fingerprint density at radius 1 is 1.64 bits per heavy atom. The lowest BCUT2D eigenvalue weighted by molar-refractivity contribution is -0.208. The van der Waals surface area contributed by atoms with Crippen LogP contribution in [0.5, 0.6) is 0 Å². The predicted octanol–water partition coefficient (Wildman–Crippen LogP) is 0.823. The summed E-state index contributed by atoms with van der Waals surface area (Å²) in [5, 5.41) is 4.72. The third-order valence-corrected chi connectivity index (χ3v) is 1.16. The van der Waals surface area contributed by atoms with Crippen LogP contribution < -0.4 is 0 Å². The molecule has 11 heavy (non-hydrogen) atoms. The highest BCUT2D eigenvalue weighted by Gasteiger charge is 2.41. The molecule has 1 aliphatic rings. The fourth-order valence-electron chi connectivity index (χ4n) is 0.618. The Hall–Kier alpha value is -0.780. The zero-order valence-corrected chi connectivity index (χ0v) is 5.80. The summed E-state index contributed by atoms with van der Waals surface area (Å²) in [6.07, 6.45) is -5.45. The second-order valence-corrected chi connectivity index (χ2v) is 2.18. The van der Waals surface area contributed by atoms with Crippen molar-refractivity contribution >= 4 is 6.21 Å². The normalized spacial score (nSPS) is 25.8. The van der Waals surface area contributed by atoms with Crippen LogP contribution in [0.3, 0.4) is 0 Å². The molecule has 0 spiro atoms. The molecule has 0 aromatic carbocycles. The van der Waals surface area contributed by atoms with Crippen molar-refractivity contribution in [1.82, 2.24) is 5.01 Å². The molecule has 0 radical (unpaired) electrons. The van der Waals surface area contributed by atoms with Crippen molar-refractivity contribution in [2.75, 3.05) is 13.8 Å². The molecular weight excluding hydrogens is 161 g/mol. The molecule has 0 N–H and O–H groups in total. The monoisotopic (exact) mass is 168 g/mol. The molecule has 0 fully saturated rings. The standard InChI is InChI=1S/C5H7F3N2O/c1-10-3-11-4(2-9-10)5(6,7)8/h2,4H,3H2,1H3. The first kappa shape index (κ1) is 8.32. The maximum absolute atomic E-state index is 11.8. The Kier molecular flexibility index (Phi) is 2.03. The van der Waals surface area contributed by atoms with Gasteiger partial charge in [-0.05, 0) is 0 Å². The van der Waals surface area contributed by atoms with E-state index >= 15 is 0 Å². The van der Waals surface area contributed by atoms with Gasteiger partial charge >= 0.3 is 6.18 Å². The first-order valence-electron chi connectivity index (χ1n) is 2.93. The lowest BCUT2D eigenvalue weighted by atomic mass is 10.4. The molecule has 3 nitrogen and oxygen atoms in total. The average Bonchev–Trinajstić information content (AvgIpc) is 1.86. The quantitative estimate of drug-likeness (QED) is 0.535. The first-order valence-corrected chi connectivity index (χ1v) is 2.93. The molecule has 0 amide bonds. The SMILES string of the molecule is CN1COC(C(F)(F)F)C=N1. The minimum Gasteiger partial charge on any atom is -0.341 e. The van der Waals surface area contributed by atoms with Gasteiger partial charge in [-0.15, -0.1) is 0 Å². The molecule has 0 saturated carbocycles. The van der Waals surface area contributed by atoms with E-state index in [-0.39, 0.29) is 6.73 Å². The van der Waals surface area contributed by atoms with E-state index in [1.165, 1.54) is 12.1 Å². The van der Waals surface area contributed by atoms with Crippen molar-refractivity contribution in [3.63, 3.8) is 0 Å². The van der Waals surface area contributed by atoms with E-state index < -0.39 is 12.3 Å². The summed E-state index contributed by atoms with van der Waals surface area (Å²) in [4.78, 5) is 0. The predicted molar refractivity (Wildman–Crippen MR) is 32.0 cm³/mol. The molecule has 1 heterocycles. The summed E-state index contributed by atoms with van der Waals surface area (Å²) in [6.45, 7) is -0.124. The van der Waals surface area contributed by atoms with Gasteiger partial charge in [0.25, 0.3) is 0 Å². The van der Waals surface area contributed by atoms with Crippen LogP contribution in [0.25, 0.3) is 0 Å². The smallest absolute Gasteiger partial charge is 0.341 e. The van der Waals surface area contributed by atoms with Crippen molar-refractivity contribution < 1.29 is 17.9 Å². The Balaban J connectivity index is 2.57. The number of hydrogen-bond acceptors (Lipinski definition) is 3. The Morgan fingerprint density at radius 3 is 2.64 bits per heavy atom. The molecule has 0 bridgehead atoms. The van der Waals surface area contributed by atoms with Crippen LogP contribution in [0.4, 0.5) is 13.2 Å². The zero-order valence-electron chi connectivity index (χ0n) is 5.80. The number of hydrogen-bond donors (Lipinski definition) is 0. The molecule has 1 unspecified atom stereocenters. The minimum atomic E-state index is -4.34. The molecule has 0 saturated heterocycles. The van der Waals surface area contributed by atoms with E-state index in [0.29, 0.717) is 0 Å². The van der Waals surface area contributed by atoms with Crippen molar-refractivity contribution in [3.05, 3.63) is 0 Å². The third kappa shape index (κ3) is 2.07. The van der Waals surface area contributed by atoms with Crippen molar-refractivity contribution in [2.24, 2.45) is 5.10 Å². The summed E-state index contributed by atoms with van der Waals surface area (Å²) in [7, 11) is 1.53. The summed E-state index contributed by atoms with van der Waals surface area (Å²) in [5.41, 5.74) is 0. The van der Waals surface area contributed by atoms with Crippen molar-refractivity contribution in [3.8, 4) is 0 Å². The number of halogens is 3. The maximum atomic E-state index is 11.8. The summed E-state index contributed by atoms with van der Waals surface area (Å²) >= 11 is 0. The van der Waals surface area contributed by atoms with Gasteiger partial charge < -0.3 is 4.74 Å². The fourth-order valence-corrected chi connectivity index (χ4v) is 0.618. The van der Waals surface area contributed by atoms with Crippen LogP contribution >= 0.6 is 0 Å². The number of hydrazone groups is 1. The van der Waals surface area contributed by atoms with Crippen LogP contribution in [0.15, 0.2) is 5.10 Å². The Labute approximate surface area is 61.4 Å². The second kappa shape index (κ2) is 2.69. The van der Waals surface area contributed by atoms with Gasteiger partial charge in [-0.3, -0.25) is 5.01 Å². The summed E-state index contributed by atoms with van der Waals surface area (Å²) in [5.74, 6) is 0. The van der Waals surface area contributed by atoms with Crippen molar-refractivity contribution in [1.29, 1.82) is 0 Å². The fraction of sp³-hybridized carbons (Fsp3) is 0.800. The highest BCUT2D eigenvalue weighted by atomic mass is 19.4. The van der Waals surface area contributed by atoms with Gasteiger partial charge in [0.15, 0.2) is 6.10 Å². The molecule has 64 valence electrons. The van der Waals surface area contributed by atoms with Gasteiger partial charge in [0.05, 0.1) is 6.21 Å². The second-order valence-electron chi connectivity index (χ2n) is 2.18. The summed E-state index contributed by atoms with van der Waals surface area (Å²) in [6, 6.07) is 0. The Morgan fingerprint density at radius 2 is 2.27 bits per heavy atom. The van der Waals surface area contributed by atoms with Gasteiger partial charge in [-0.1, -0.05) is 0 Å². The molecule has 0 aromatic heterocycles. The van der Waals surface area contributed by atoms with Crippen LogP contribution in [0.2, 0.25) is 0 Å². The zero-order chi connectivity index (χ0) is 8.48. The van der Waals surface area contributed by atoms with Gasteiger partial charge in [0.1, 0.15) is 6.73 Å². The van der Waals surface area contributed by atoms with Crippen LogP contribution in [0, 0.1) is 0 Å². The van der Waals surface area contributed by atoms with Crippen LogP contribution in [0.1, 0.15) is 0 Å². The molecule has 6 heteroatoms. The van der Waals surface area contributed by atoms with Gasteiger partial charge in [0, 0.05) is 7.05 Å². The van der Waals surface area contributed by atoms with E-state index in [4.69, 9.17) is 0 Å². The number of rotatable bonds is 0. The van der Waals surface area contributed by atoms with E-state index in [1.54, 1.807) is 0 Å². The lowest BCUT2D eigenvalue weighted by Crippen LogP contribution is -2.39. The number of ether oxygens (including phenoxy) is 1. The molecular formula is C5H7F3N2O. The minimum absolute atomic E-state index is 0.124. The van der Waals surface area contributed by atoms with Gasteiger partial charge in [-0.25, -0.2) is 0 Å². The van der Waals surface area contributed by atoms with Crippen molar-refractivity contribution in [2.45, 2.75) is 12.3 Å².